The topological polar surface area (TPSA) is 114 Å². The number of nitrogens with zero attached hydrogens (tertiary/aromatic N) is 4. The van der Waals surface area contributed by atoms with Gasteiger partial charge in [-0.05, 0) is 6.92 Å². The van der Waals surface area contributed by atoms with Gasteiger partial charge in [0.1, 0.15) is 35.3 Å². The Hall–Kier alpha value is -2.39. The number of hydrogen-bond donors (Lipinski definition) is 3. The Kier molecular flexibility index (Phi) is 3.77. The van der Waals surface area contributed by atoms with Gasteiger partial charge in [-0.15, -0.1) is 0 Å². The van der Waals surface area contributed by atoms with Gasteiger partial charge in [0.2, 0.25) is 0 Å². The Labute approximate surface area is 143 Å². The molecule has 1 aliphatic heterocycles. The maximum absolute atomic E-state index is 10.7. The van der Waals surface area contributed by atoms with E-state index in [1.807, 2.05) is 30.3 Å². The highest BCUT2D eigenvalue weighted by Gasteiger charge is 2.53. The lowest BCUT2D eigenvalue weighted by atomic mass is 9.96. The summed E-state index contributed by atoms with van der Waals surface area (Å²) in [4.78, 5) is 13.0. The van der Waals surface area contributed by atoms with Gasteiger partial charge < -0.3 is 20.1 Å². The minimum atomic E-state index is -1.60. The molecule has 8 heteroatoms. The zero-order valence-corrected chi connectivity index (χ0v) is 13.5. The van der Waals surface area contributed by atoms with E-state index in [1.54, 1.807) is 4.57 Å². The Bertz CT molecular complexity index is 896. The van der Waals surface area contributed by atoms with Crippen LogP contribution >= 0.6 is 0 Å². The molecule has 0 aliphatic carbocycles. The van der Waals surface area contributed by atoms with Crippen molar-refractivity contribution in [3.05, 3.63) is 43.0 Å². The number of fused-ring (bicyclic) bond motifs is 1. The fourth-order valence-corrected chi connectivity index (χ4v) is 3.22. The molecule has 2 aromatic heterocycles. The first-order chi connectivity index (χ1) is 12.0. The summed E-state index contributed by atoms with van der Waals surface area (Å²) in [6.45, 7) is 1.06. The quantitative estimate of drug-likeness (QED) is 0.635. The maximum Gasteiger partial charge on any atom is 0.168 e. The van der Waals surface area contributed by atoms with Crippen LogP contribution in [0, 0.1) is 0 Å². The average Bonchev–Trinajstić information content (AvgIpc) is 3.15. The fourth-order valence-electron chi connectivity index (χ4n) is 3.22. The van der Waals surface area contributed by atoms with Gasteiger partial charge in [0.05, 0.1) is 12.9 Å². The number of ether oxygens (including phenoxy) is 1. The lowest BCUT2D eigenvalue weighted by Crippen LogP contribution is -2.44. The summed E-state index contributed by atoms with van der Waals surface area (Å²) in [6.07, 6.45) is -0.115. The Morgan fingerprint density at radius 1 is 1.20 bits per heavy atom. The Balaban J connectivity index is 1.83. The number of rotatable bonds is 3. The van der Waals surface area contributed by atoms with Crippen LogP contribution in [-0.4, -0.2) is 59.3 Å². The molecule has 0 amide bonds. The van der Waals surface area contributed by atoms with Crippen molar-refractivity contribution in [1.82, 2.24) is 19.5 Å². The van der Waals surface area contributed by atoms with Crippen molar-refractivity contribution < 1.29 is 20.1 Å². The van der Waals surface area contributed by atoms with E-state index >= 15 is 0 Å². The monoisotopic (exact) mass is 342 g/mol. The standard InChI is InChI=1S/C17H18N4O4/c1-17(24)14(23)11(7-22)25-16(17)21-9-20-13-12(18-8-19-15(13)21)10-5-3-2-4-6-10/h2-6,8-9,11,14,16,22-24H,7H2,1H3/t11?,14-,16?,17+/m1/s1. The lowest BCUT2D eigenvalue weighted by molar-refractivity contribution is -0.0950. The summed E-state index contributed by atoms with van der Waals surface area (Å²) >= 11 is 0. The third-order valence-corrected chi connectivity index (χ3v) is 4.59. The molecule has 3 N–H and O–H groups in total. The van der Waals surface area contributed by atoms with E-state index in [9.17, 15) is 15.3 Å². The first-order valence-corrected chi connectivity index (χ1v) is 7.93. The molecule has 1 saturated heterocycles. The van der Waals surface area contributed by atoms with Crippen LogP contribution in [0.2, 0.25) is 0 Å². The Morgan fingerprint density at radius 2 is 1.96 bits per heavy atom. The number of aliphatic hydroxyl groups is 3. The van der Waals surface area contributed by atoms with Gasteiger partial charge in [-0.1, -0.05) is 30.3 Å². The highest BCUT2D eigenvalue weighted by Crippen LogP contribution is 2.39. The third kappa shape index (κ3) is 2.42. The molecule has 1 aromatic carbocycles. The van der Waals surface area contributed by atoms with Crippen LogP contribution in [0.1, 0.15) is 13.2 Å². The zero-order chi connectivity index (χ0) is 17.6. The van der Waals surface area contributed by atoms with Crippen LogP contribution in [0.4, 0.5) is 0 Å². The van der Waals surface area contributed by atoms with E-state index in [0.717, 1.165) is 5.56 Å². The average molecular weight is 342 g/mol. The van der Waals surface area contributed by atoms with Gasteiger partial charge in [0.15, 0.2) is 11.9 Å². The predicted molar refractivity (Wildman–Crippen MR) is 88.4 cm³/mol. The van der Waals surface area contributed by atoms with Crippen molar-refractivity contribution in [1.29, 1.82) is 0 Å². The summed E-state index contributed by atoms with van der Waals surface area (Å²) in [5.74, 6) is 0. The van der Waals surface area contributed by atoms with Gasteiger partial charge in [-0.2, -0.15) is 0 Å². The molecule has 1 aliphatic rings. The van der Waals surface area contributed by atoms with Gasteiger partial charge >= 0.3 is 0 Å². The summed E-state index contributed by atoms with van der Waals surface area (Å²) in [7, 11) is 0. The highest BCUT2D eigenvalue weighted by atomic mass is 16.6. The van der Waals surface area contributed by atoms with Crippen LogP contribution in [0.25, 0.3) is 22.4 Å². The van der Waals surface area contributed by atoms with Crippen LogP contribution < -0.4 is 0 Å². The van der Waals surface area contributed by atoms with Crippen LogP contribution in [-0.2, 0) is 4.74 Å². The molecule has 0 saturated carbocycles. The summed E-state index contributed by atoms with van der Waals surface area (Å²) in [5, 5.41) is 30.2. The molecule has 130 valence electrons. The van der Waals surface area contributed by atoms with Gasteiger partial charge in [-0.3, -0.25) is 4.57 Å². The largest absolute Gasteiger partial charge is 0.394 e. The van der Waals surface area contributed by atoms with Crippen molar-refractivity contribution in [3.63, 3.8) is 0 Å². The second kappa shape index (κ2) is 5.85. The molecule has 25 heavy (non-hydrogen) atoms. The molecule has 4 rings (SSSR count). The molecule has 8 nitrogen and oxygen atoms in total. The third-order valence-electron chi connectivity index (χ3n) is 4.59. The van der Waals surface area contributed by atoms with Crippen molar-refractivity contribution in [2.75, 3.05) is 6.61 Å². The van der Waals surface area contributed by atoms with E-state index in [1.165, 1.54) is 19.6 Å². The molecular weight excluding hydrogens is 324 g/mol. The Morgan fingerprint density at radius 3 is 2.64 bits per heavy atom. The minimum absolute atomic E-state index is 0.398. The number of benzene rings is 1. The highest BCUT2D eigenvalue weighted by molar-refractivity contribution is 5.87. The molecule has 0 spiro atoms. The van der Waals surface area contributed by atoms with Crippen molar-refractivity contribution in [2.45, 2.75) is 31.0 Å². The molecule has 4 atom stereocenters. The summed E-state index contributed by atoms with van der Waals surface area (Å²) in [5.41, 5.74) is 1.01. The van der Waals surface area contributed by atoms with E-state index in [-0.39, 0.29) is 0 Å². The predicted octanol–water partition coefficient (Wildman–Crippen LogP) is 0.495. The van der Waals surface area contributed by atoms with E-state index in [4.69, 9.17) is 4.74 Å². The number of hydrogen-bond acceptors (Lipinski definition) is 7. The van der Waals surface area contributed by atoms with Gasteiger partial charge in [0.25, 0.3) is 0 Å². The van der Waals surface area contributed by atoms with E-state index in [0.29, 0.717) is 16.9 Å². The number of aliphatic hydroxyl groups excluding tert-OH is 2. The minimum Gasteiger partial charge on any atom is -0.394 e. The molecule has 0 bridgehead atoms. The van der Waals surface area contributed by atoms with Crippen molar-refractivity contribution in [2.24, 2.45) is 0 Å². The lowest BCUT2D eigenvalue weighted by Gasteiger charge is -2.27. The smallest absolute Gasteiger partial charge is 0.168 e. The number of aromatic nitrogens is 4. The SMILES string of the molecule is C[C@@]1(O)C(n2cnc3c(-c4ccccc4)ncnc32)OC(CO)[C@H]1O. The molecular formula is C17H18N4O4. The summed E-state index contributed by atoms with van der Waals surface area (Å²) in [6, 6.07) is 9.59. The van der Waals surface area contributed by atoms with Gasteiger partial charge in [-0.25, -0.2) is 15.0 Å². The maximum atomic E-state index is 10.7. The normalized spacial score (nSPS) is 29.4. The fraction of sp³-hybridized carbons (Fsp3) is 0.353. The van der Waals surface area contributed by atoms with Gasteiger partial charge in [0, 0.05) is 5.56 Å². The first-order valence-electron chi connectivity index (χ1n) is 7.93. The van der Waals surface area contributed by atoms with Crippen molar-refractivity contribution in [3.8, 4) is 11.3 Å². The molecule has 2 unspecified atom stereocenters. The molecule has 1 fully saturated rings. The zero-order valence-electron chi connectivity index (χ0n) is 13.5. The summed E-state index contributed by atoms with van der Waals surface area (Å²) < 4.78 is 7.21. The second-order valence-electron chi connectivity index (χ2n) is 6.29. The van der Waals surface area contributed by atoms with E-state index in [2.05, 4.69) is 15.0 Å². The van der Waals surface area contributed by atoms with E-state index < -0.39 is 30.6 Å². The molecule has 0 radical (unpaired) electrons. The van der Waals surface area contributed by atoms with Crippen LogP contribution in [0.5, 0.6) is 0 Å². The van der Waals surface area contributed by atoms with Crippen LogP contribution in [0.15, 0.2) is 43.0 Å². The second-order valence-corrected chi connectivity index (χ2v) is 6.29. The van der Waals surface area contributed by atoms with Crippen molar-refractivity contribution >= 4 is 11.2 Å². The first kappa shape index (κ1) is 16.1. The molecule has 3 heterocycles. The van der Waals surface area contributed by atoms with Crippen LogP contribution in [0.3, 0.4) is 0 Å². The number of imidazole rings is 1. The molecule has 3 aromatic rings.